The summed E-state index contributed by atoms with van der Waals surface area (Å²) in [5.41, 5.74) is 9.40. The van der Waals surface area contributed by atoms with E-state index in [1.807, 2.05) is 43.3 Å². The maximum Gasteiger partial charge on any atom is 0.257 e. The van der Waals surface area contributed by atoms with Crippen molar-refractivity contribution in [1.29, 1.82) is 0 Å². The molecule has 0 bridgehead atoms. The predicted molar refractivity (Wildman–Crippen MR) is 85.3 cm³/mol. The molecular formula is C17H15N3O. The summed E-state index contributed by atoms with van der Waals surface area (Å²) in [5.74, 6) is -0.232. The van der Waals surface area contributed by atoms with Gasteiger partial charge < -0.3 is 11.1 Å². The van der Waals surface area contributed by atoms with Gasteiger partial charge in [0.2, 0.25) is 0 Å². The number of anilines is 2. The SMILES string of the molecule is Cc1ccc(C(=O)Nc2cnc3ccccc3c2)c(N)c1. The average molecular weight is 277 g/mol. The number of nitrogens with one attached hydrogen (secondary N) is 1. The van der Waals surface area contributed by atoms with Gasteiger partial charge in [-0.15, -0.1) is 0 Å². The molecule has 3 rings (SSSR count). The van der Waals surface area contributed by atoms with Crippen molar-refractivity contribution in [2.24, 2.45) is 0 Å². The summed E-state index contributed by atoms with van der Waals surface area (Å²) in [6.07, 6.45) is 1.64. The van der Waals surface area contributed by atoms with E-state index in [0.717, 1.165) is 16.5 Å². The minimum absolute atomic E-state index is 0.232. The molecule has 21 heavy (non-hydrogen) atoms. The number of carbonyl (C=O) groups excluding carboxylic acids is 1. The first-order valence-corrected chi connectivity index (χ1v) is 6.66. The van der Waals surface area contributed by atoms with Crippen LogP contribution in [-0.2, 0) is 0 Å². The number of carbonyl (C=O) groups is 1. The van der Waals surface area contributed by atoms with E-state index in [1.54, 1.807) is 18.3 Å². The lowest BCUT2D eigenvalue weighted by Gasteiger charge is -2.08. The maximum atomic E-state index is 12.3. The summed E-state index contributed by atoms with van der Waals surface area (Å²) >= 11 is 0. The van der Waals surface area contributed by atoms with Crippen LogP contribution in [0.5, 0.6) is 0 Å². The molecule has 0 radical (unpaired) electrons. The number of nitrogens with zero attached hydrogens (tertiary/aromatic N) is 1. The summed E-state index contributed by atoms with van der Waals surface area (Å²) in [6, 6.07) is 15.0. The number of benzene rings is 2. The van der Waals surface area contributed by atoms with Crippen molar-refractivity contribution < 1.29 is 4.79 Å². The second kappa shape index (κ2) is 5.25. The number of nitrogen functional groups attached to an aromatic ring is 1. The van der Waals surface area contributed by atoms with Crippen LogP contribution in [-0.4, -0.2) is 10.9 Å². The number of para-hydroxylation sites is 1. The molecule has 0 atom stereocenters. The zero-order valence-electron chi connectivity index (χ0n) is 11.6. The van der Waals surface area contributed by atoms with E-state index in [1.165, 1.54) is 0 Å². The number of fused-ring (bicyclic) bond motifs is 1. The highest BCUT2D eigenvalue weighted by molar-refractivity contribution is 6.08. The molecule has 104 valence electrons. The molecule has 0 saturated heterocycles. The summed E-state index contributed by atoms with van der Waals surface area (Å²) in [5, 5.41) is 3.81. The monoisotopic (exact) mass is 277 g/mol. The third-order valence-corrected chi connectivity index (χ3v) is 3.30. The second-order valence-corrected chi connectivity index (χ2v) is 4.96. The number of rotatable bonds is 2. The first kappa shape index (κ1) is 13.1. The maximum absolute atomic E-state index is 12.3. The van der Waals surface area contributed by atoms with Crippen LogP contribution >= 0.6 is 0 Å². The van der Waals surface area contributed by atoms with Crippen LogP contribution in [0.15, 0.2) is 54.7 Å². The van der Waals surface area contributed by atoms with Crippen LogP contribution in [0, 0.1) is 6.92 Å². The molecule has 1 aromatic heterocycles. The number of hydrogen-bond donors (Lipinski definition) is 2. The third kappa shape index (κ3) is 2.69. The molecule has 0 unspecified atom stereocenters. The Morgan fingerprint density at radius 1 is 1.14 bits per heavy atom. The van der Waals surface area contributed by atoms with E-state index in [2.05, 4.69) is 10.3 Å². The Hall–Kier alpha value is -2.88. The van der Waals surface area contributed by atoms with Gasteiger partial charge in [-0.25, -0.2) is 0 Å². The summed E-state index contributed by atoms with van der Waals surface area (Å²) < 4.78 is 0. The van der Waals surface area contributed by atoms with Gasteiger partial charge in [0.1, 0.15) is 0 Å². The lowest BCUT2D eigenvalue weighted by Crippen LogP contribution is -2.14. The van der Waals surface area contributed by atoms with Crippen molar-refractivity contribution >= 4 is 28.2 Å². The van der Waals surface area contributed by atoms with Gasteiger partial charge in [-0.3, -0.25) is 9.78 Å². The molecule has 4 heteroatoms. The molecule has 2 aromatic carbocycles. The first-order valence-electron chi connectivity index (χ1n) is 6.66. The molecule has 0 saturated carbocycles. The lowest BCUT2D eigenvalue weighted by molar-refractivity contribution is 0.102. The first-order chi connectivity index (χ1) is 10.1. The van der Waals surface area contributed by atoms with Crippen molar-refractivity contribution in [3.05, 3.63) is 65.9 Å². The minimum Gasteiger partial charge on any atom is -0.398 e. The van der Waals surface area contributed by atoms with E-state index in [4.69, 9.17) is 5.73 Å². The quantitative estimate of drug-likeness (QED) is 0.706. The van der Waals surface area contributed by atoms with Gasteiger partial charge in [0.15, 0.2) is 0 Å². The fourth-order valence-electron chi connectivity index (χ4n) is 2.23. The second-order valence-electron chi connectivity index (χ2n) is 4.96. The Balaban J connectivity index is 1.89. The van der Waals surface area contributed by atoms with Crippen molar-refractivity contribution in [3.8, 4) is 0 Å². The van der Waals surface area contributed by atoms with Gasteiger partial charge in [-0.2, -0.15) is 0 Å². The molecule has 0 aliphatic carbocycles. The minimum atomic E-state index is -0.232. The van der Waals surface area contributed by atoms with Gasteiger partial charge in [-0.1, -0.05) is 24.3 Å². The van der Waals surface area contributed by atoms with Crippen molar-refractivity contribution in [1.82, 2.24) is 4.98 Å². The number of nitrogens with two attached hydrogens (primary N) is 1. The van der Waals surface area contributed by atoms with E-state index >= 15 is 0 Å². The number of hydrogen-bond acceptors (Lipinski definition) is 3. The molecule has 3 aromatic rings. The van der Waals surface area contributed by atoms with E-state index in [-0.39, 0.29) is 5.91 Å². The fourth-order valence-corrected chi connectivity index (χ4v) is 2.23. The zero-order chi connectivity index (χ0) is 14.8. The smallest absolute Gasteiger partial charge is 0.257 e. The summed E-state index contributed by atoms with van der Waals surface area (Å²) in [7, 11) is 0. The van der Waals surface area contributed by atoms with Gasteiger partial charge in [0.25, 0.3) is 5.91 Å². The molecule has 1 amide bonds. The van der Waals surface area contributed by atoms with E-state index < -0.39 is 0 Å². The fraction of sp³-hybridized carbons (Fsp3) is 0.0588. The van der Waals surface area contributed by atoms with Crippen LogP contribution in [0.2, 0.25) is 0 Å². The van der Waals surface area contributed by atoms with E-state index in [0.29, 0.717) is 16.9 Å². The van der Waals surface area contributed by atoms with Crippen molar-refractivity contribution in [2.75, 3.05) is 11.1 Å². The Labute approximate surface area is 122 Å². The van der Waals surface area contributed by atoms with Gasteiger partial charge in [-0.05, 0) is 36.8 Å². The van der Waals surface area contributed by atoms with E-state index in [9.17, 15) is 4.79 Å². The molecule has 0 fully saturated rings. The largest absolute Gasteiger partial charge is 0.398 e. The molecule has 0 aliphatic rings. The van der Waals surface area contributed by atoms with Crippen LogP contribution < -0.4 is 11.1 Å². The standard InChI is InChI=1S/C17H15N3O/c1-11-6-7-14(15(18)8-11)17(21)20-13-9-12-4-2-3-5-16(12)19-10-13/h2-10H,18H2,1H3,(H,20,21). The molecule has 0 spiro atoms. The number of aromatic nitrogens is 1. The topological polar surface area (TPSA) is 68.0 Å². The predicted octanol–water partition coefficient (Wildman–Crippen LogP) is 3.38. The van der Waals surface area contributed by atoms with Gasteiger partial charge in [0.05, 0.1) is 23.0 Å². The molecular weight excluding hydrogens is 262 g/mol. The summed E-state index contributed by atoms with van der Waals surface area (Å²) in [6.45, 7) is 1.94. The van der Waals surface area contributed by atoms with Crippen LogP contribution in [0.25, 0.3) is 10.9 Å². The van der Waals surface area contributed by atoms with Crippen LogP contribution in [0.3, 0.4) is 0 Å². The number of pyridine rings is 1. The molecule has 4 nitrogen and oxygen atoms in total. The Bertz CT molecular complexity index is 827. The van der Waals surface area contributed by atoms with Gasteiger partial charge >= 0.3 is 0 Å². The average Bonchev–Trinajstić information content (AvgIpc) is 2.47. The molecule has 0 aliphatic heterocycles. The van der Waals surface area contributed by atoms with Crippen LogP contribution in [0.4, 0.5) is 11.4 Å². The Morgan fingerprint density at radius 2 is 1.95 bits per heavy atom. The lowest BCUT2D eigenvalue weighted by atomic mass is 10.1. The Kier molecular flexibility index (Phi) is 3.28. The highest BCUT2D eigenvalue weighted by atomic mass is 16.1. The number of aryl methyl sites for hydroxylation is 1. The summed E-state index contributed by atoms with van der Waals surface area (Å²) in [4.78, 5) is 16.6. The normalized spacial score (nSPS) is 10.5. The molecule has 1 heterocycles. The zero-order valence-corrected chi connectivity index (χ0v) is 11.6. The number of amides is 1. The van der Waals surface area contributed by atoms with Crippen molar-refractivity contribution in [3.63, 3.8) is 0 Å². The Morgan fingerprint density at radius 3 is 2.76 bits per heavy atom. The highest BCUT2D eigenvalue weighted by Crippen LogP contribution is 2.19. The van der Waals surface area contributed by atoms with Crippen LogP contribution in [0.1, 0.15) is 15.9 Å². The molecule has 3 N–H and O–H groups in total. The van der Waals surface area contributed by atoms with Crippen molar-refractivity contribution in [2.45, 2.75) is 6.92 Å². The third-order valence-electron chi connectivity index (χ3n) is 3.30. The van der Waals surface area contributed by atoms with Gasteiger partial charge in [0, 0.05) is 11.1 Å². The highest BCUT2D eigenvalue weighted by Gasteiger charge is 2.10.